The number of nitrogens with two attached hydrogens (primary N) is 1. The fourth-order valence-electron chi connectivity index (χ4n) is 2.18. The Morgan fingerprint density at radius 1 is 1.23 bits per heavy atom. The zero-order valence-electron chi connectivity index (χ0n) is 13.8. The van der Waals surface area contributed by atoms with Crippen LogP contribution in [0.4, 0.5) is 5.69 Å². The molecule has 0 aliphatic carbocycles. The van der Waals surface area contributed by atoms with Gasteiger partial charge in [-0.05, 0) is 23.1 Å². The molecule has 0 bridgehead atoms. The van der Waals surface area contributed by atoms with E-state index in [1.54, 1.807) is 12.1 Å². The van der Waals surface area contributed by atoms with E-state index >= 15 is 0 Å². The Bertz CT molecular complexity index is 689. The molecule has 3 nitrogen and oxygen atoms in total. The maximum Gasteiger partial charge on any atom is 1.00 e. The van der Waals surface area contributed by atoms with Crippen molar-refractivity contribution in [3.8, 4) is 0 Å². The fourth-order valence-corrected chi connectivity index (χ4v) is 2.49. The summed E-state index contributed by atoms with van der Waals surface area (Å²) >= 11 is 5.50. The molecule has 3 N–H and O–H groups in total. The van der Waals surface area contributed by atoms with Crippen LogP contribution in [0.1, 0.15) is 30.6 Å². The van der Waals surface area contributed by atoms with Gasteiger partial charge in [0.05, 0.1) is 11.3 Å². The predicted molar refractivity (Wildman–Crippen MR) is 89.9 cm³/mol. The second-order valence-electron chi connectivity index (χ2n) is 4.83. The number of benzene rings is 2. The molecule has 0 aliphatic rings. The van der Waals surface area contributed by atoms with Crippen molar-refractivity contribution < 1.29 is 40.9 Å². The second-order valence-corrected chi connectivity index (χ2v) is 5.24. The minimum absolute atomic E-state index is 0. The average molecular weight is 323 g/mol. The molecule has 0 aromatic heterocycles. The van der Waals surface area contributed by atoms with Gasteiger partial charge in [-0.3, -0.25) is 4.79 Å². The molecule has 0 fully saturated rings. The van der Waals surface area contributed by atoms with Crippen LogP contribution in [0.5, 0.6) is 0 Å². The van der Waals surface area contributed by atoms with Gasteiger partial charge >= 0.3 is 35.5 Å². The Morgan fingerprint density at radius 3 is 2.41 bits per heavy atom. The molecule has 5 heteroatoms. The number of carboxylic acid groups (broad SMARTS) is 1. The number of anilines is 1. The van der Waals surface area contributed by atoms with Crippen LogP contribution in [0.3, 0.4) is 0 Å². The molecule has 0 spiro atoms. The van der Waals surface area contributed by atoms with Gasteiger partial charge in [-0.25, -0.2) is 0 Å². The number of hydrogen-bond acceptors (Lipinski definition) is 3. The molecular weight excluding hydrogens is 305 g/mol. The SMILES string of the molecule is CCc1ccc(C(=S)c2cccc(CC(=O)O)c2N)cc1.[H-].[Na+]. The van der Waals surface area contributed by atoms with Gasteiger partial charge in [0.2, 0.25) is 0 Å². The molecule has 2 aromatic carbocycles. The normalized spacial score (nSPS) is 9.86. The number of carboxylic acids is 1. The number of nitrogen functional groups attached to an aromatic ring is 1. The van der Waals surface area contributed by atoms with E-state index in [-0.39, 0.29) is 37.4 Å². The molecule has 0 saturated heterocycles. The molecule has 0 aliphatic heterocycles. The third-order valence-corrected chi connectivity index (χ3v) is 3.86. The van der Waals surface area contributed by atoms with Crippen LogP contribution < -0.4 is 35.3 Å². The van der Waals surface area contributed by atoms with E-state index in [0.29, 0.717) is 21.7 Å². The van der Waals surface area contributed by atoms with Crippen molar-refractivity contribution in [2.24, 2.45) is 0 Å². The largest absolute Gasteiger partial charge is 1.00 e. The fraction of sp³-hybridized carbons (Fsp3) is 0.176. The maximum absolute atomic E-state index is 10.9. The first kappa shape index (κ1) is 18.8. The average Bonchev–Trinajstić information content (AvgIpc) is 2.48. The number of aliphatic carboxylic acids is 1. The van der Waals surface area contributed by atoms with Crippen LogP contribution in [-0.4, -0.2) is 15.9 Å². The Hall–Kier alpha value is -1.20. The smallest absolute Gasteiger partial charge is 1.00 e. The Morgan fingerprint density at radius 2 is 1.86 bits per heavy atom. The summed E-state index contributed by atoms with van der Waals surface area (Å²) in [5, 5.41) is 8.91. The maximum atomic E-state index is 10.9. The zero-order valence-corrected chi connectivity index (χ0v) is 15.6. The van der Waals surface area contributed by atoms with Crippen LogP contribution in [0.2, 0.25) is 0 Å². The van der Waals surface area contributed by atoms with E-state index in [1.807, 2.05) is 30.3 Å². The second kappa shape index (κ2) is 8.44. The van der Waals surface area contributed by atoms with Crippen LogP contribution in [0.15, 0.2) is 42.5 Å². The van der Waals surface area contributed by atoms with Gasteiger partial charge < -0.3 is 12.3 Å². The Labute approximate surface area is 159 Å². The first-order valence-electron chi connectivity index (χ1n) is 6.75. The Balaban J connectivity index is 0.00000242. The molecule has 0 atom stereocenters. The van der Waals surface area contributed by atoms with E-state index in [4.69, 9.17) is 23.1 Å². The molecule has 0 radical (unpaired) electrons. The number of thiocarbonyl (C=S) groups is 1. The van der Waals surface area contributed by atoms with Crippen molar-refractivity contribution in [3.63, 3.8) is 0 Å². The van der Waals surface area contributed by atoms with Gasteiger partial charge in [0.1, 0.15) is 0 Å². The van der Waals surface area contributed by atoms with E-state index in [9.17, 15) is 4.79 Å². The van der Waals surface area contributed by atoms with Crippen LogP contribution >= 0.6 is 12.2 Å². The van der Waals surface area contributed by atoms with Gasteiger partial charge in [-0.2, -0.15) is 0 Å². The number of aryl methyl sites for hydroxylation is 1. The van der Waals surface area contributed by atoms with Crippen molar-refractivity contribution in [3.05, 3.63) is 64.7 Å². The molecular formula is C17H18NNaO2S. The molecule has 0 unspecified atom stereocenters. The number of rotatable bonds is 5. The molecule has 2 rings (SSSR count). The zero-order chi connectivity index (χ0) is 15.4. The van der Waals surface area contributed by atoms with Gasteiger partial charge in [-0.1, -0.05) is 61.6 Å². The first-order valence-corrected chi connectivity index (χ1v) is 7.16. The number of hydrogen-bond donors (Lipinski definition) is 2. The topological polar surface area (TPSA) is 63.3 Å². The summed E-state index contributed by atoms with van der Waals surface area (Å²) in [7, 11) is 0. The van der Waals surface area contributed by atoms with Crippen molar-refractivity contribution >= 4 is 28.7 Å². The molecule has 110 valence electrons. The summed E-state index contributed by atoms with van der Waals surface area (Å²) in [5.74, 6) is -0.905. The summed E-state index contributed by atoms with van der Waals surface area (Å²) in [6.45, 7) is 2.10. The van der Waals surface area contributed by atoms with Crippen molar-refractivity contribution in [1.29, 1.82) is 0 Å². The minimum Gasteiger partial charge on any atom is -1.00 e. The standard InChI is InChI=1S/C17H17NO2S.Na.H/c1-2-11-6-8-12(9-7-11)17(21)14-5-3-4-13(16(14)18)10-15(19)20;;/h3-9H,2,10,18H2,1H3,(H,19,20);;/q;+1;-1. The van der Waals surface area contributed by atoms with Gasteiger partial charge in [0.15, 0.2) is 0 Å². The van der Waals surface area contributed by atoms with E-state index < -0.39 is 5.97 Å². The van der Waals surface area contributed by atoms with Crippen molar-refractivity contribution in [1.82, 2.24) is 0 Å². The molecule has 0 saturated carbocycles. The van der Waals surface area contributed by atoms with E-state index in [1.165, 1.54) is 5.56 Å². The van der Waals surface area contributed by atoms with Crippen molar-refractivity contribution in [2.75, 3.05) is 5.73 Å². The van der Waals surface area contributed by atoms with Crippen LogP contribution in [0.25, 0.3) is 0 Å². The van der Waals surface area contributed by atoms with Gasteiger partial charge in [0, 0.05) is 11.3 Å². The molecule has 2 aromatic rings. The summed E-state index contributed by atoms with van der Waals surface area (Å²) in [4.78, 5) is 11.5. The predicted octanol–water partition coefficient (Wildman–Crippen LogP) is 0.341. The number of carbonyl (C=O) groups is 1. The van der Waals surface area contributed by atoms with E-state index in [2.05, 4.69) is 6.92 Å². The molecule has 22 heavy (non-hydrogen) atoms. The molecule has 0 heterocycles. The van der Waals surface area contributed by atoms with Crippen LogP contribution in [0, 0.1) is 0 Å². The summed E-state index contributed by atoms with van der Waals surface area (Å²) in [6.07, 6.45) is 0.875. The minimum atomic E-state index is -0.905. The van der Waals surface area contributed by atoms with Gasteiger partial charge in [-0.15, -0.1) is 0 Å². The third kappa shape index (κ3) is 4.40. The van der Waals surface area contributed by atoms with E-state index in [0.717, 1.165) is 12.0 Å². The third-order valence-electron chi connectivity index (χ3n) is 3.41. The van der Waals surface area contributed by atoms with Crippen LogP contribution in [-0.2, 0) is 17.6 Å². The summed E-state index contributed by atoms with van der Waals surface area (Å²) < 4.78 is 0. The first-order chi connectivity index (χ1) is 10.0. The van der Waals surface area contributed by atoms with Gasteiger partial charge in [0.25, 0.3) is 0 Å². The van der Waals surface area contributed by atoms with Crippen molar-refractivity contribution in [2.45, 2.75) is 19.8 Å². The molecule has 0 amide bonds. The number of para-hydroxylation sites is 1. The Kier molecular flexibility index (Phi) is 7.23. The monoisotopic (exact) mass is 323 g/mol. The summed E-state index contributed by atoms with van der Waals surface area (Å²) in [5.41, 5.74) is 9.99. The quantitative estimate of drug-likeness (QED) is 0.361. The summed E-state index contributed by atoms with van der Waals surface area (Å²) in [6, 6.07) is 13.4.